The van der Waals surface area contributed by atoms with E-state index >= 15 is 0 Å². The number of nitrogen functional groups attached to an aromatic ring is 2. The number of hydrogen-bond donors (Lipinski definition) is 6. The molecule has 6 rings (SSSR count). The Hall–Kier alpha value is -6.30. The molecule has 0 aliphatic carbocycles. The van der Waals surface area contributed by atoms with Crippen LogP contribution in [-0.4, -0.2) is 93.4 Å². The third-order valence-electron chi connectivity index (χ3n) is 9.14. The maximum atomic E-state index is 12.8. The summed E-state index contributed by atoms with van der Waals surface area (Å²) in [6, 6.07) is 19.8. The van der Waals surface area contributed by atoms with Gasteiger partial charge in [0.15, 0.2) is 19.7 Å². The average molecular weight is 1060 g/mol. The van der Waals surface area contributed by atoms with Gasteiger partial charge in [0.2, 0.25) is 0 Å². The lowest BCUT2D eigenvalue weighted by Gasteiger charge is -2.11. The second kappa shape index (κ2) is 19.4. The number of nitrogens with zero attached hydrogens (tertiary/aromatic N) is 6. The Morgan fingerprint density at radius 1 is 0.441 bits per heavy atom. The van der Waals surface area contributed by atoms with Gasteiger partial charge < -0.3 is 11.5 Å². The van der Waals surface area contributed by atoms with Crippen LogP contribution in [0.5, 0.6) is 0 Å². The fourth-order valence-corrected chi connectivity index (χ4v) is 10.2. The Balaban J connectivity index is 1.34. The first kappa shape index (κ1) is 51.1. The molecule has 0 amide bonds. The van der Waals surface area contributed by atoms with E-state index in [4.69, 9.17) is 20.6 Å². The average Bonchev–Trinajstić information content (AvgIpc) is 3.23. The molecule has 0 heterocycles. The van der Waals surface area contributed by atoms with Gasteiger partial charge in [0.1, 0.15) is 16.3 Å². The molecule has 0 bridgehead atoms. The van der Waals surface area contributed by atoms with Crippen molar-refractivity contribution in [3.05, 3.63) is 97.1 Å². The topological polar surface area (TPSA) is 430 Å². The lowest BCUT2D eigenvalue weighted by Crippen LogP contribution is -2.15. The summed E-state index contributed by atoms with van der Waals surface area (Å²) in [5, 5.41) is 25.3. The Morgan fingerprint density at radius 3 is 1.56 bits per heavy atom. The monoisotopic (exact) mass is 1060 g/mol. The second-order valence-electron chi connectivity index (χ2n) is 13.8. The summed E-state index contributed by atoms with van der Waals surface area (Å²) in [6.07, 6.45) is 0. The van der Waals surface area contributed by atoms with Crippen LogP contribution in [0.3, 0.4) is 0 Å². The van der Waals surface area contributed by atoms with Crippen LogP contribution in [0.2, 0.25) is 0 Å². The summed E-state index contributed by atoms with van der Waals surface area (Å²) in [6.45, 7) is -1.73. The van der Waals surface area contributed by atoms with E-state index in [0.29, 0.717) is 10.8 Å². The number of anilines is 2. The highest BCUT2D eigenvalue weighted by atomic mass is 32.3. The van der Waals surface area contributed by atoms with Gasteiger partial charge in [-0.1, -0.05) is 24.3 Å². The van der Waals surface area contributed by atoms with Crippen molar-refractivity contribution in [2.75, 3.05) is 36.2 Å². The van der Waals surface area contributed by atoms with E-state index in [1.54, 1.807) is 0 Å². The van der Waals surface area contributed by atoms with Crippen molar-refractivity contribution in [1.29, 1.82) is 0 Å². The normalized spacial score (nSPS) is 13.4. The molecule has 6 aromatic carbocycles. The van der Waals surface area contributed by atoms with Gasteiger partial charge in [-0.2, -0.15) is 43.9 Å². The van der Waals surface area contributed by atoms with Crippen molar-refractivity contribution in [3.63, 3.8) is 0 Å². The summed E-state index contributed by atoms with van der Waals surface area (Å²) in [5.41, 5.74) is 10.5. The van der Waals surface area contributed by atoms with Gasteiger partial charge in [-0.05, 0) is 83.6 Å². The van der Waals surface area contributed by atoms with Gasteiger partial charge in [0.25, 0.3) is 20.2 Å². The van der Waals surface area contributed by atoms with E-state index in [0.717, 1.165) is 24.3 Å². The molecule has 6 aromatic rings. The lowest BCUT2D eigenvalue weighted by molar-refractivity contribution is 0.282. The van der Waals surface area contributed by atoms with Gasteiger partial charge >= 0.3 is 20.8 Å². The van der Waals surface area contributed by atoms with Crippen LogP contribution >= 0.6 is 0 Å². The van der Waals surface area contributed by atoms with Crippen LogP contribution in [0, 0.1) is 0 Å². The van der Waals surface area contributed by atoms with Crippen molar-refractivity contribution in [2.24, 2.45) is 30.7 Å². The van der Waals surface area contributed by atoms with E-state index in [2.05, 4.69) is 39.1 Å². The zero-order valence-electron chi connectivity index (χ0n) is 33.9. The van der Waals surface area contributed by atoms with Crippen LogP contribution in [0.25, 0.3) is 21.5 Å². The van der Waals surface area contributed by atoms with Crippen LogP contribution in [0.1, 0.15) is 0 Å². The molecule has 0 aromatic heterocycles. The van der Waals surface area contributed by atoms with Gasteiger partial charge in [0.05, 0.1) is 73.5 Å². The molecule has 0 saturated heterocycles. The number of azo groups is 3. The van der Waals surface area contributed by atoms with Crippen LogP contribution < -0.4 is 11.5 Å². The summed E-state index contributed by atoms with van der Waals surface area (Å²) >= 11 is 0. The minimum Gasteiger partial charge on any atom is -0.396 e. The first-order valence-corrected chi connectivity index (χ1v) is 27.2. The standard InChI is InChI=1S/C36H32N8O18S6/c37-34-32(20-33(66(52,53)54)35(38)36(34)44-40-24-6-4-22-17-26(7-5-21(22)16-24)64(47,48)15-13-62-68(58,59)60)43-42-30-10-11-31(29-19-27(65(49,50)51)8-9-28(29)30)41-39-23-2-1-3-25(18-23)63(45,46)14-12-61-67(55,56)57/h1-11,16-20H,12-15,37-38H2,(H,49,50,51)(H,52,53,54)(H,55,56,57)(H,58,59,60). The molecule has 0 atom stereocenters. The fraction of sp³-hybridized carbons (Fsp3) is 0.111. The number of benzene rings is 6. The zero-order valence-corrected chi connectivity index (χ0v) is 38.8. The molecule has 0 fully saturated rings. The predicted octanol–water partition coefficient (Wildman–Crippen LogP) is 6.08. The number of nitrogens with two attached hydrogens (primary N) is 2. The Labute approximate surface area is 386 Å². The van der Waals surface area contributed by atoms with Gasteiger partial charge in [-0.15, -0.1) is 20.5 Å². The predicted molar refractivity (Wildman–Crippen MR) is 241 cm³/mol. The fourth-order valence-electron chi connectivity index (χ4n) is 5.96. The SMILES string of the molecule is Nc1c(N=Nc2ccc(N=Nc3cccc(S(=O)(=O)CCOS(=O)(=O)O)c3)c3cc(S(=O)(=O)O)ccc23)cc(S(=O)(=O)O)c(N)c1N=Nc1ccc2cc(S(=O)(=O)CCOS(=O)(=O)O)ccc2c1. The van der Waals surface area contributed by atoms with Crippen molar-refractivity contribution >= 4 is 128 Å². The maximum Gasteiger partial charge on any atom is 0.397 e. The van der Waals surface area contributed by atoms with Crippen molar-refractivity contribution < 1.29 is 77.1 Å². The van der Waals surface area contributed by atoms with Gasteiger partial charge in [0, 0.05) is 10.8 Å². The van der Waals surface area contributed by atoms with E-state index < -0.39 is 118 Å². The Morgan fingerprint density at radius 2 is 0.956 bits per heavy atom. The summed E-state index contributed by atoms with van der Waals surface area (Å²) < 4.78 is 189. The number of rotatable bonds is 18. The second-order valence-corrected chi connectivity index (χ2v) is 23.0. The number of sulfone groups is 2. The highest BCUT2D eigenvalue weighted by Gasteiger charge is 2.24. The first-order valence-electron chi connectivity index (χ1n) is 18.3. The largest absolute Gasteiger partial charge is 0.397 e. The Bertz CT molecular complexity index is 3820. The van der Waals surface area contributed by atoms with Gasteiger partial charge in [-0.25, -0.2) is 25.2 Å². The van der Waals surface area contributed by atoms with Crippen molar-refractivity contribution in [2.45, 2.75) is 19.6 Å². The Kier molecular flexibility index (Phi) is 14.6. The molecule has 0 radical (unpaired) electrons. The quantitative estimate of drug-likeness (QED) is 0.0322. The third-order valence-corrected chi connectivity index (χ3v) is 15.2. The van der Waals surface area contributed by atoms with E-state index in [1.165, 1.54) is 72.8 Å². The van der Waals surface area contributed by atoms with E-state index in [1.807, 2.05) is 0 Å². The molecule has 32 heteroatoms. The summed E-state index contributed by atoms with van der Waals surface area (Å²) in [7, 11) is -27.9. The van der Waals surface area contributed by atoms with E-state index in [9.17, 15) is 59.6 Å². The smallest absolute Gasteiger partial charge is 0.396 e. The lowest BCUT2D eigenvalue weighted by atomic mass is 10.1. The highest BCUT2D eigenvalue weighted by molar-refractivity contribution is 7.91. The van der Waals surface area contributed by atoms with Crippen molar-refractivity contribution in [3.8, 4) is 0 Å². The molecule has 68 heavy (non-hydrogen) atoms. The number of hydrogen-bond acceptors (Lipinski definition) is 22. The van der Waals surface area contributed by atoms with Crippen LogP contribution in [0.4, 0.5) is 45.5 Å². The molecular formula is C36H32N8O18S6. The molecule has 0 aliphatic heterocycles. The molecule has 0 unspecified atom stereocenters. The molecular weight excluding hydrogens is 1020 g/mol. The van der Waals surface area contributed by atoms with Crippen LogP contribution in [0.15, 0.2) is 147 Å². The molecule has 360 valence electrons. The van der Waals surface area contributed by atoms with Crippen molar-refractivity contribution in [1.82, 2.24) is 0 Å². The molecule has 8 N–H and O–H groups in total. The highest BCUT2D eigenvalue weighted by Crippen LogP contribution is 2.44. The van der Waals surface area contributed by atoms with Crippen LogP contribution in [-0.2, 0) is 69.1 Å². The summed E-state index contributed by atoms with van der Waals surface area (Å²) in [4.78, 5) is -1.99. The molecule has 0 spiro atoms. The van der Waals surface area contributed by atoms with Gasteiger partial charge in [-0.3, -0.25) is 18.2 Å². The zero-order chi connectivity index (χ0) is 50.0. The molecule has 0 aliphatic rings. The van der Waals surface area contributed by atoms with E-state index in [-0.39, 0.29) is 43.3 Å². The molecule has 0 saturated carbocycles. The third kappa shape index (κ3) is 12.8. The minimum atomic E-state index is -5.08. The number of fused-ring (bicyclic) bond motifs is 2. The minimum absolute atomic E-state index is 0.0108. The summed E-state index contributed by atoms with van der Waals surface area (Å²) in [5.74, 6) is -1.61. The first-order chi connectivity index (χ1) is 31.5. The molecule has 26 nitrogen and oxygen atoms in total. The maximum absolute atomic E-state index is 12.8.